The van der Waals surface area contributed by atoms with Crippen molar-refractivity contribution in [2.45, 2.75) is 39.5 Å². The number of piperidine rings is 2. The number of hydrogen-bond acceptors (Lipinski definition) is 4. The van der Waals surface area contributed by atoms with Gasteiger partial charge in [-0.3, -0.25) is 0 Å². The summed E-state index contributed by atoms with van der Waals surface area (Å²) >= 11 is 0. The first-order valence-electron chi connectivity index (χ1n) is 8.05. The van der Waals surface area contributed by atoms with E-state index in [4.69, 9.17) is 4.98 Å². The molecular formula is C16H26N4. The molecule has 0 spiro atoms. The van der Waals surface area contributed by atoms with E-state index in [1.807, 2.05) is 6.20 Å². The Bertz CT molecular complexity index is 440. The van der Waals surface area contributed by atoms with Gasteiger partial charge in [-0.2, -0.15) is 4.98 Å². The molecule has 2 fully saturated rings. The minimum Gasteiger partial charge on any atom is -0.356 e. The van der Waals surface area contributed by atoms with Gasteiger partial charge in [0.2, 0.25) is 5.95 Å². The van der Waals surface area contributed by atoms with E-state index in [0.717, 1.165) is 49.8 Å². The molecule has 0 radical (unpaired) electrons. The van der Waals surface area contributed by atoms with Crippen molar-refractivity contribution < 1.29 is 0 Å². The molecule has 0 N–H and O–H groups in total. The van der Waals surface area contributed by atoms with Crippen LogP contribution < -0.4 is 9.80 Å². The molecule has 2 aliphatic rings. The summed E-state index contributed by atoms with van der Waals surface area (Å²) in [5.74, 6) is 3.65. The van der Waals surface area contributed by atoms with Gasteiger partial charge < -0.3 is 9.80 Å². The third-order valence-electron chi connectivity index (χ3n) is 4.68. The maximum atomic E-state index is 4.82. The summed E-state index contributed by atoms with van der Waals surface area (Å²) in [5.41, 5.74) is 0. The molecule has 0 aromatic carbocycles. The molecule has 1 atom stereocenters. The minimum absolute atomic E-state index is 0.756. The zero-order valence-corrected chi connectivity index (χ0v) is 12.8. The van der Waals surface area contributed by atoms with E-state index >= 15 is 0 Å². The number of hydrogen-bond donors (Lipinski definition) is 0. The number of rotatable bonds is 2. The molecule has 0 amide bonds. The Morgan fingerprint density at radius 1 is 1.00 bits per heavy atom. The normalized spacial score (nSPS) is 25.0. The lowest BCUT2D eigenvalue weighted by Gasteiger charge is -2.33. The highest BCUT2D eigenvalue weighted by Crippen LogP contribution is 2.24. The Morgan fingerprint density at radius 2 is 1.80 bits per heavy atom. The summed E-state index contributed by atoms with van der Waals surface area (Å²) in [7, 11) is 0. The number of aromatic nitrogens is 2. The van der Waals surface area contributed by atoms with E-state index in [9.17, 15) is 0 Å². The van der Waals surface area contributed by atoms with Crippen LogP contribution in [0.2, 0.25) is 0 Å². The average molecular weight is 274 g/mol. The molecule has 3 heterocycles. The van der Waals surface area contributed by atoms with Crippen molar-refractivity contribution in [3.05, 3.63) is 12.3 Å². The highest BCUT2D eigenvalue weighted by atomic mass is 15.3. The summed E-state index contributed by atoms with van der Waals surface area (Å²) in [5, 5.41) is 0. The third kappa shape index (κ3) is 3.05. The second kappa shape index (κ2) is 5.98. The highest BCUT2D eigenvalue weighted by molar-refractivity contribution is 5.44. The SMILES string of the molecule is CC1CCN(c2ccnc(N3CCCC(C)C3)n2)CC1. The number of anilines is 2. The number of nitrogens with zero attached hydrogens (tertiary/aromatic N) is 4. The summed E-state index contributed by atoms with van der Waals surface area (Å²) in [4.78, 5) is 14.1. The largest absolute Gasteiger partial charge is 0.356 e. The molecule has 0 bridgehead atoms. The first-order valence-corrected chi connectivity index (χ1v) is 8.05. The first-order chi connectivity index (χ1) is 9.72. The molecule has 20 heavy (non-hydrogen) atoms. The van der Waals surface area contributed by atoms with E-state index in [2.05, 4.69) is 34.7 Å². The van der Waals surface area contributed by atoms with Gasteiger partial charge in [0.1, 0.15) is 5.82 Å². The second-order valence-corrected chi connectivity index (χ2v) is 6.58. The average Bonchev–Trinajstić information content (AvgIpc) is 2.48. The van der Waals surface area contributed by atoms with Crippen molar-refractivity contribution in [3.63, 3.8) is 0 Å². The van der Waals surface area contributed by atoms with Crippen LogP contribution >= 0.6 is 0 Å². The van der Waals surface area contributed by atoms with Crippen LogP contribution in [0.15, 0.2) is 12.3 Å². The van der Waals surface area contributed by atoms with E-state index in [1.165, 1.54) is 25.7 Å². The monoisotopic (exact) mass is 274 g/mol. The van der Waals surface area contributed by atoms with Gasteiger partial charge in [-0.15, -0.1) is 0 Å². The molecule has 110 valence electrons. The van der Waals surface area contributed by atoms with Crippen molar-refractivity contribution in [3.8, 4) is 0 Å². The van der Waals surface area contributed by atoms with Crippen LogP contribution in [-0.4, -0.2) is 36.1 Å². The molecule has 1 unspecified atom stereocenters. The van der Waals surface area contributed by atoms with Gasteiger partial charge in [0.15, 0.2) is 0 Å². The second-order valence-electron chi connectivity index (χ2n) is 6.58. The third-order valence-corrected chi connectivity index (χ3v) is 4.68. The van der Waals surface area contributed by atoms with Crippen LogP contribution in [0, 0.1) is 11.8 Å². The van der Waals surface area contributed by atoms with Gasteiger partial charge in [0, 0.05) is 32.4 Å². The predicted octanol–water partition coefficient (Wildman–Crippen LogP) is 2.95. The molecule has 3 rings (SSSR count). The Kier molecular flexibility index (Phi) is 4.08. The Balaban J connectivity index is 1.72. The van der Waals surface area contributed by atoms with E-state index in [1.54, 1.807) is 0 Å². The summed E-state index contributed by atoms with van der Waals surface area (Å²) in [6, 6.07) is 2.06. The molecule has 1 aromatic heterocycles. The molecule has 4 nitrogen and oxygen atoms in total. The van der Waals surface area contributed by atoms with Crippen LogP contribution in [0.3, 0.4) is 0 Å². The lowest BCUT2D eigenvalue weighted by atomic mass is 9.99. The van der Waals surface area contributed by atoms with Crippen LogP contribution in [0.5, 0.6) is 0 Å². The molecule has 4 heteroatoms. The maximum Gasteiger partial charge on any atom is 0.227 e. The fourth-order valence-corrected chi connectivity index (χ4v) is 3.28. The van der Waals surface area contributed by atoms with E-state index in [-0.39, 0.29) is 0 Å². The van der Waals surface area contributed by atoms with Crippen LogP contribution in [0.4, 0.5) is 11.8 Å². The van der Waals surface area contributed by atoms with E-state index < -0.39 is 0 Å². The van der Waals surface area contributed by atoms with Crippen molar-refractivity contribution in [1.82, 2.24) is 9.97 Å². The molecular weight excluding hydrogens is 248 g/mol. The lowest BCUT2D eigenvalue weighted by molar-refractivity contribution is 0.433. The molecule has 2 aliphatic heterocycles. The van der Waals surface area contributed by atoms with Gasteiger partial charge >= 0.3 is 0 Å². The summed E-state index contributed by atoms with van der Waals surface area (Å²) in [6.07, 6.45) is 7.07. The van der Waals surface area contributed by atoms with Crippen molar-refractivity contribution >= 4 is 11.8 Å². The van der Waals surface area contributed by atoms with Crippen LogP contribution in [0.1, 0.15) is 39.5 Å². The van der Waals surface area contributed by atoms with Gasteiger partial charge in [-0.05, 0) is 43.6 Å². The van der Waals surface area contributed by atoms with Gasteiger partial charge in [-0.25, -0.2) is 4.98 Å². The van der Waals surface area contributed by atoms with Crippen molar-refractivity contribution in [2.75, 3.05) is 36.0 Å². The van der Waals surface area contributed by atoms with Crippen LogP contribution in [0.25, 0.3) is 0 Å². The predicted molar refractivity (Wildman–Crippen MR) is 83.3 cm³/mol. The highest BCUT2D eigenvalue weighted by Gasteiger charge is 2.21. The van der Waals surface area contributed by atoms with Crippen LogP contribution in [-0.2, 0) is 0 Å². The van der Waals surface area contributed by atoms with Gasteiger partial charge in [0.25, 0.3) is 0 Å². The first kappa shape index (κ1) is 13.7. The van der Waals surface area contributed by atoms with E-state index in [0.29, 0.717) is 0 Å². The maximum absolute atomic E-state index is 4.82. The quantitative estimate of drug-likeness (QED) is 0.830. The zero-order valence-electron chi connectivity index (χ0n) is 12.8. The topological polar surface area (TPSA) is 32.3 Å². The smallest absolute Gasteiger partial charge is 0.227 e. The Labute approximate surface area is 122 Å². The summed E-state index contributed by atoms with van der Waals surface area (Å²) in [6.45, 7) is 9.13. The Hall–Kier alpha value is -1.32. The standard InChI is InChI=1S/C16H26N4/c1-13-6-10-19(11-7-13)15-5-8-17-16(18-15)20-9-3-4-14(2)12-20/h5,8,13-14H,3-4,6-7,9-12H2,1-2H3. The molecule has 0 saturated carbocycles. The molecule has 0 aliphatic carbocycles. The van der Waals surface area contributed by atoms with Gasteiger partial charge in [0.05, 0.1) is 0 Å². The fraction of sp³-hybridized carbons (Fsp3) is 0.750. The lowest BCUT2D eigenvalue weighted by Crippen LogP contribution is -2.37. The minimum atomic E-state index is 0.756. The summed E-state index contributed by atoms with van der Waals surface area (Å²) < 4.78 is 0. The fourth-order valence-electron chi connectivity index (χ4n) is 3.28. The van der Waals surface area contributed by atoms with Crippen molar-refractivity contribution in [1.29, 1.82) is 0 Å². The molecule has 2 saturated heterocycles. The van der Waals surface area contributed by atoms with Gasteiger partial charge in [-0.1, -0.05) is 13.8 Å². The van der Waals surface area contributed by atoms with Crippen molar-refractivity contribution in [2.24, 2.45) is 11.8 Å². The Morgan fingerprint density at radius 3 is 2.55 bits per heavy atom. The zero-order chi connectivity index (χ0) is 13.9. The molecule has 1 aromatic rings.